The van der Waals surface area contributed by atoms with Crippen LogP contribution in [-0.2, 0) is 9.84 Å². The quantitative estimate of drug-likeness (QED) is 0.263. The lowest BCUT2D eigenvalue weighted by Gasteiger charge is -2.21. The fourth-order valence-corrected chi connectivity index (χ4v) is 4.93. The molecule has 33 heavy (non-hydrogen) atoms. The molecule has 0 aliphatic heterocycles. The van der Waals surface area contributed by atoms with Gasteiger partial charge in [-0.15, -0.1) is 0 Å². The molecular weight excluding hydrogens is 444 g/mol. The van der Waals surface area contributed by atoms with E-state index in [2.05, 4.69) is 10.6 Å². The molecule has 0 aliphatic rings. The van der Waals surface area contributed by atoms with E-state index in [4.69, 9.17) is 4.42 Å². The number of hydrogen-bond donors (Lipinski definition) is 3. The molecule has 0 fully saturated rings. The second-order valence-electron chi connectivity index (χ2n) is 7.56. The molecule has 1 aromatic heterocycles. The van der Waals surface area contributed by atoms with E-state index in [9.17, 15) is 23.1 Å². The molecule has 1 atom stereocenters. The van der Waals surface area contributed by atoms with Crippen LogP contribution >= 0.6 is 0 Å². The number of phenolic OH excluding ortho intramolecular Hbond substituents is 1. The Morgan fingerprint density at radius 3 is 2.27 bits per heavy atom. The Balaban J connectivity index is 1.66. The average molecular weight is 467 g/mol. The van der Waals surface area contributed by atoms with Gasteiger partial charge in [0, 0.05) is 0 Å². The molecule has 0 spiro atoms. The summed E-state index contributed by atoms with van der Waals surface area (Å²) >= 11 is 0. The first-order chi connectivity index (χ1) is 15.7. The van der Waals surface area contributed by atoms with Crippen molar-refractivity contribution < 1.29 is 17.9 Å². The molecular formula is C24H22N2O6S. The Morgan fingerprint density at radius 1 is 0.939 bits per heavy atom. The number of rotatable bonds is 8. The van der Waals surface area contributed by atoms with Crippen molar-refractivity contribution in [2.24, 2.45) is 0 Å². The molecule has 0 aliphatic carbocycles. The van der Waals surface area contributed by atoms with E-state index in [1.54, 1.807) is 37.3 Å². The van der Waals surface area contributed by atoms with Gasteiger partial charge >= 0.3 is 0 Å². The van der Waals surface area contributed by atoms with Crippen molar-refractivity contribution in [2.45, 2.75) is 36.1 Å². The summed E-state index contributed by atoms with van der Waals surface area (Å²) in [6, 6.07) is 15.1. The molecule has 3 N–H and O–H groups in total. The van der Waals surface area contributed by atoms with Crippen molar-refractivity contribution in [1.29, 1.82) is 0 Å². The Labute approximate surface area is 190 Å². The van der Waals surface area contributed by atoms with Gasteiger partial charge in [-0.1, -0.05) is 31.2 Å². The van der Waals surface area contributed by atoms with Gasteiger partial charge in [0.15, 0.2) is 5.75 Å². The third kappa shape index (κ3) is 4.03. The zero-order valence-electron chi connectivity index (χ0n) is 18.0. The summed E-state index contributed by atoms with van der Waals surface area (Å²) in [5, 5.41) is 16.5. The van der Waals surface area contributed by atoms with E-state index >= 15 is 0 Å². The summed E-state index contributed by atoms with van der Waals surface area (Å²) < 4.78 is 31.5. The van der Waals surface area contributed by atoms with E-state index in [0.29, 0.717) is 12.2 Å². The van der Waals surface area contributed by atoms with Gasteiger partial charge in [-0.2, -0.15) is 0 Å². The number of phenols is 1. The fraction of sp³-hybridized carbons (Fsp3) is 0.167. The minimum atomic E-state index is -4.00. The summed E-state index contributed by atoms with van der Waals surface area (Å²) in [6.07, 6.45) is 0.585. The first-order valence-corrected chi connectivity index (χ1v) is 11.8. The second-order valence-corrected chi connectivity index (χ2v) is 9.47. The molecule has 8 nitrogen and oxygen atoms in total. The van der Waals surface area contributed by atoms with E-state index in [0.717, 1.165) is 5.76 Å². The molecule has 4 aromatic rings. The third-order valence-corrected chi connectivity index (χ3v) is 7.14. The maximum absolute atomic E-state index is 13.0. The summed E-state index contributed by atoms with van der Waals surface area (Å²) in [7, 11) is -4.00. The predicted molar refractivity (Wildman–Crippen MR) is 125 cm³/mol. The van der Waals surface area contributed by atoms with Crippen molar-refractivity contribution >= 4 is 26.9 Å². The molecule has 3 aromatic carbocycles. The van der Waals surface area contributed by atoms with Crippen molar-refractivity contribution in [1.82, 2.24) is 0 Å². The third-order valence-electron chi connectivity index (χ3n) is 5.34. The largest absolute Gasteiger partial charge is 0.504 e. The van der Waals surface area contributed by atoms with Gasteiger partial charge in [0.1, 0.15) is 27.8 Å². The van der Waals surface area contributed by atoms with Gasteiger partial charge in [-0.3, -0.25) is 9.59 Å². The van der Waals surface area contributed by atoms with Gasteiger partial charge in [-0.25, -0.2) is 8.42 Å². The number of benzene rings is 2. The molecule has 4 rings (SSSR count). The topological polar surface area (TPSA) is 126 Å². The SMILES string of the molecule is CC[C@@H](Nc1c(Nc2cccc(S(=O)(=O)c3ccccc3)c2O)c(=O)c1=O)c1ccc(C)o1. The molecule has 0 saturated heterocycles. The van der Waals surface area contributed by atoms with Gasteiger partial charge < -0.3 is 20.2 Å². The Hall–Kier alpha value is -3.85. The molecule has 1 heterocycles. The van der Waals surface area contributed by atoms with Gasteiger partial charge in [0.05, 0.1) is 16.6 Å². The minimum absolute atomic E-state index is 0.0101. The normalized spacial score (nSPS) is 12.5. The van der Waals surface area contributed by atoms with E-state index < -0.39 is 26.4 Å². The van der Waals surface area contributed by atoms with Crippen LogP contribution in [0, 0.1) is 6.92 Å². The van der Waals surface area contributed by atoms with E-state index in [1.807, 2.05) is 6.92 Å². The lowest BCUT2D eigenvalue weighted by Crippen LogP contribution is -2.37. The first kappa shape index (κ1) is 22.3. The maximum atomic E-state index is 13.0. The Bertz CT molecular complexity index is 1480. The maximum Gasteiger partial charge on any atom is 0.253 e. The van der Waals surface area contributed by atoms with Crippen molar-refractivity contribution in [3.05, 3.63) is 92.6 Å². The number of sulfone groups is 1. The number of aryl methyl sites for hydroxylation is 1. The average Bonchev–Trinajstić information content (AvgIpc) is 3.25. The Kier molecular flexibility index (Phi) is 5.82. The standard InChI is InChI=1S/C24H22N2O6S/c1-3-16(18-13-12-14(2)32-18)25-20-21(24(29)23(20)28)26-17-10-7-11-19(22(17)27)33(30,31)15-8-5-4-6-9-15/h4-13,16,25-27H,3H2,1-2H3/t16-/m1/s1. The van der Waals surface area contributed by atoms with Gasteiger partial charge in [0.2, 0.25) is 9.84 Å². The van der Waals surface area contributed by atoms with Crippen LogP contribution in [0.5, 0.6) is 5.75 Å². The predicted octanol–water partition coefficient (Wildman–Crippen LogP) is 4.03. The number of aromatic hydroxyl groups is 1. The van der Waals surface area contributed by atoms with E-state index in [-0.39, 0.29) is 32.9 Å². The van der Waals surface area contributed by atoms with Crippen LogP contribution in [0.25, 0.3) is 0 Å². The first-order valence-electron chi connectivity index (χ1n) is 10.3. The molecule has 0 unspecified atom stereocenters. The number of para-hydroxylation sites is 1. The molecule has 170 valence electrons. The smallest absolute Gasteiger partial charge is 0.253 e. The molecule has 0 radical (unpaired) electrons. The van der Waals surface area contributed by atoms with Crippen LogP contribution in [0.15, 0.2) is 84.5 Å². The van der Waals surface area contributed by atoms with E-state index in [1.165, 1.54) is 30.3 Å². The molecule has 0 bridgehead atoms. The van der Waals surface area contributed by atoms with Crippen molar-refractivity contribution in [2.75, 3.05) is 10.6 Å². The fourth-order valence-electron chi connectivity index (χ4n) is 3.54. The highest BCUT2D eigenvalue weighted by Gasteiger charge is 2.27. The van der Waals surface area contributed by atoms with Crippen molar-refractivity contribution in [3.63, 3.8) is 0 Å². The van der Waals surface area contributed by atoms with Crippen LogP contribution in [0.4, 0.5) is 17.1 Å². The van der Waals surface area contributed by atoms with Gasteiger partial charge in [0.25, 0.3) is 10.9 Å². The van der Waals surface area contributed by atoms with Gasteiger partial charge in [-0.05, 0) is 49.7 Å². The molecule has 0 saturated carbocycles. The lowest BCUT2D eigenvalue weighted by atomic mass is 10.1. The second kappa shape index (κ2) is 8.59. The van der Waals surface area contributed by atoms with Crippen LogP contribution in [0.3, 0.4) is 0 Å². The number of anilines is 3. The zero-order valence-corrected chi connectivity index (χ0v) is 18.8. The highest BCUT2D eigenvalue weighted by Crippen LogP contribution is 2.37. The zero-order chi connectivity index (χ0) is 23.8. The summed E-state index contributed by atoms with van der Waals surface area (Å²) in [5.74, 6) is 0.789. The lowest BCUT2D eigenvalue weighted by molar-refractivity contribution is 0.452. The highest BCUT2D eigenvalue weighted by atomic mass is 32.2. The van der Waals surface area contributed by atoms with Crippen LogP contribution in [0.1, 0.15) is 30.9 Å². The summed E-state index contributed by atoms with van der Waals surface area (Å²) in [4.78, 5) is 24.2. The number of nitrogens with one attached hydrogen (secondary N) is 2. The van der Waals surface area contributed by atoms with Crippen LogP contribution < -0.4 is 21.5 Å². The number of hydrogen-bond acceptors (Lipinski definition) is 8. The highest BCUT2D eigenvalue weighted by molar-refractivity contribution is 7.91. The van der Waals surface area contributed by atoms with Crippen molar-refractivity contribution in [3.8, 4) is 5.75 Å². The monoisotopic (exact) mass is 466 g/mol. The number of furan rings is 1. The Morgan fingerprint density at radius 2 is 1.64 bits per heavy atom. The molecule has 0 amide bonds. The van der Waals surface area contributed by atoms with Crippen LogP contribution in [-0.4, -0.2) is 13.5 Å². The minimum Gasteiger partial charge on any atom is -0.504 e. The summed E-state index contributed by atoms with van der Waals surface area (Å²) in [5.41, 5.74) is -1.47. The molecule has 9 heteroatoms. The summed E-state index contributed by atoms with van der Waals surface area (Å²) in [6.45, 7) is 3.71. The van der Waals surface area contributed by atoms with Crippen LogP contribution in [0.2, 0.25) is 0 Å².